The van der Waals surface area contributed by atoms with E-state index in [1.165, 1.54) is 58.2 Å². The summed E-state index contributed by atoms with van der Waals surface area (Å²) < 4.78 is 11.4. The summed E-state index contributed by atoms with van der Waals surface area (Å²) in [7, 11) is 0. The number of para-hydroxylation sites is 2. The molecule has 0 fully saturated rings. The molecule has 0 saturated heterocycles. The molecular weight excluding hydrogens is 667 g/mol. The maximum atomic E-state index is 6.61. The Morgan fingerprint density at radius 2 is 1.13 bits per heavy atom. The largest absolute Gasteiger partial charge is 0.452 e. The van der Waals surface area contributed by atoms with Gasteiger partial charge in [0.25, 0.3) is 0 Å². The standard InChI is InChI=1S/C48H27N3OS/c1-2-12-28(13-3-1)29-22-23-31-27-32(25-24-30(31)26-29)43-46-44(36-17-7-10-20-39(36)52-46)50-48(49-43)51-38-19-9-6-16-35(38)41-33-14-4-5-15-34(33)42-37-18-8-11-21-40(37)53-47(42)45(41)51/h1-27H. The summed E-state index contributed by atoms with van der Waals surface area (Å²) in [4.78, 5) is 10.9. The minimum atomic E-state index is 0.624. The average Bonchev–Trinajstić information content (AvgIpc) is 3.91. The molecule has 0 bridgehead atoms. The van der Waals surface area contributed by atoms with E-state index in [0.717, 1.165) is 44.2 Å². The number of benzene rings is 8. The summed E-state index contributed by atoms with van der Waals surface area (Å²) in [5.41, 5.74) is 8.65. The van der Waals surface area contributed by atoms with Crippen LogP contribution in [0.25, 0.3) is 114 Å². The van der Waals surface area contributed by atoms with E-state index in [4.69, 9.17) is 14.4 Å². The van der Waals surface area contributed by atoms with Gasteiger partial charge in [0.2, 0.25) is 5.95 Å². The molecule has 246 valence electrons. The lowest BCUT2D eigenvalue weighted by Crippen LogP contribution is -2.03. The lowest BCUT2D eigenvalue weighted by molar-refractivity contribution is 0.666. The minimum Gasteiger partial charge on any atom is -0.452 e. The van der Waals surface area contributed by atoms with Crippen molar-refractivity contribution in [3.8, 4) is 28.3 Å². The molecular formula is C48H27N3OS. The molecule has 0 atom stereocenters. The molecule has 12 rings (SSSR count). The molecule has 0 radical (unpaired) electrons. The highest BCUT2D eigenvalue weighted by Gasteiger charge is 2.25. The third-order valence-corrected chi connectivity index (χ3v) is 12.0. The van der Waals surface area contributed by atoms with Gasteiger partial charge in [0, 0.05) is 37.2 Å². The van der Waals surface area contributed by atoms with E-state index < -0.39 is 0 Å². The van der Waals surface area contributed by atoms with Crippen LogP contribution in [0.1, 0.15) is 0 Å². The Kier molecular flexibility index (Phi) is 5.90. The maximum absolute atomic E-state index is 6.61. The van der Waals surface area contributed by atoms with Crippen molar-refractivity contribution >= 4 is 96.9 Å². The second-order valence-corrected chi connectivity index (χ2v) is 14.8. The van der Waals surface area contributed by atoms with Gasteiger partial charge in [-0.05, 0) is 69.1 Å². The molecule has 4 heterocycles. The van der Waals surface area contributed by atoms with Gasteiger partial charge in [0.05, 0.1) is 15.7 Å². The predicted octanol–water partition coefficient (Wildman–Crippen LogP) is 13.5. The van der Waals surface area contributed by atoms with Crippen LogP contribution in [0.3, 0.4) is 0 Å². The summed E-state index contributed by atoms with van der Waals surface area (Å²) in [6.45, 7) is 0. The lowest BCUT2D eigenvalue weighted by Gasteiger charge is -2.11. The Morgan fingerprint density at radius 1 is 0.491 bits per heavy atom. The number of hydrogen-bond acceptors (Lipinski definition) is 4. The monoisotopic (exact) mass is 693 g/mol. The van der Waals surface area contributed by atoms with E-state index in [2.05, 4.69) is 150 Å². The third kappa shape index (κ3) is 4.11. The van der Waals surface area contributed by atoms with Crippen molar-refractivity contribution in [3.63, 3.8) is 0 Å². The van der Waals surface area contributed by atoms with Crippen molar-refractivity contribution in [3.05, 3.63) is 164 Å². The van der Waals surface area contributed by atoms with Gasteiger partial charge in [-0.2, -0.15) is 0 Å². The first kappa shape index (κ1) is 28.8. The van der Waals surface area contributed by atoms with Crippen LogP contribution in [0, 0.1) is 0 Å². The fourth-order valence-electron chi connectivity index (χ4n) is 8.41. The van der Waals surface area contributed by atoms with Crippen LogP contribution < -0.4 is 0 Å². The SMILES string of the molecule is c1ccc(-c2ccc3cc(-c4nc(-n5c6ccccc6c6c7ccccc7c7c8ccccc8sc7c65)nc5c4oc4ccccc45)ccc3c2)cc1. The first-order chi connectivity index (χ1) is 26.3. The lowest BCUT2D eigenvalue weighted by atomic mass is 9.99. The highest BCUT2D eigenvalue weighted by atomic mass is 32.1. The highest BCUT2D eigenvalue weighted by molar-refractivity contribution is 7.27. The van der Waals surface area contributed by atoms with Gasteiger partial charge in [-0.15, -0.1) is 11.3 Å². The molecule has 0 unspecified atom stereocenters. The number of nitrogens with zero attached hydrogens (tertiary/aromatic N) is 3. The zero-order valence-electron chi connectivity index (χ0n) is 28.2. The smallest absolute Gasteiger partial charge is 0.236 e. The molecule has 0 aliphatic carbocycles. The van der Waals surface area contributed by atoms with Gasteiger partial charge in [-0.25, -0.2) is 9.97 Å². The van der Waals surface area contributed by atoms with Crippen LogP contribution in [-0.4, -0.2) is 14.5 Å². The van der Waals surface area contributed by atoms with Crippen molar-refractivity contribution in [1.29, 1.82) is 0 Å². The van der Waals surface area contributed by atoms with Crippen LogP contribution in [0.15, 0.2) is 168 Å². The van der Waals surface area contributed by atoms with E-state index in [9.17, 15) is 0 Å². The molecule has 0 amide bonds. The second kappa shape index (κ2) is 10.8. The number of fused-ring (bicyclic) bond motifs is 14. The fourth-order valence-corrected chi connectivity index (χ4v) is 9.67. The van der Waals surface area contributed by atoms with Crippen molar-refractivity contribution in [2.24, 2.45) is 0 Å². The molecule has 0 N–H and O–H groups in total. The summed E-state index contributed by atoms with van der Waals surface area (Å²) in [5, 5.41) is 10.7. The highest BCUT2D eigenvalue weighted by Crippen LogP contribution is 2.48. The van der Waals surface area contributed by atoms with Crippen LogP contribution in [0.2, 0.25) is 0 Å². The number of aromatic nitrogens is 3. The van der Waals surface area contributed by atoms with Crippen LogP contribution >= 0.6 is 11.3 Å². The second-order valence-electron chi connectivity index (χ2n) is 13.7. The number of hydrogen-bond donors (Lipinski definition) is 0. The normalized spacial score (nSPS) is 12.2. The van der Waals surface area contributed by atoms with Crippen molar-refractivity contribution in [1.82, 2.24) is 14.5 Å². The summed E-state index contributed by atoms with van der Waals surface area (Å²) in [6, 6.07) is 58.2. The minimum absolute atomic E-state index is 0.624. The van der Waals surface area contributed by atoms with Crippen molar-refractivity contribution in [2.45, 2.75) is 0 Å². The third-order valence-electron chi connectivity index (χ3n) is 10.8. The Labute approximate surface area is 306 Å². The predicted molar refractivity (Wildman–Crippen MR) is 222 cm³/mol. The van der Waals surface area contributed by atoms with Crippen LogP contribution in [0.4, 0.5) is 0 Å². The fraction of sp³-hybridized carbons (Fsp3) is 0. The number of furan rings is 1. The Morgan fingerprint density at radius 3 is 1.96 bits per heavy atom. The Balaban J connectivity index is 1.20. The maximum Gasteiger partial charge on any atom is 0.236 e. The molecule has 0 aliphatic rings. The molecule has 0 spiro atoms. The topological polar surface area (TPSA) is 43.9 Å². The molecule has 4 aromatic heterocycles. The van der Waals surface area contributed by atoms with Gasteiger partial charge in [-0.1, -0.05) is 127 Å². The van der Waals surface area contributed by atoms with Crippen molar-refractivity contribution in [2.75, 3.05) is 0 Å². The zero-order valence-corrected chi connectivity index (χ0v) is 29.1. The van der Waals surface area contributed by atoms with Crippen LogP contribution in [-0.2, 0) is 0 Å². The van der Waals surface area contributed by atoms with Gasteiger partial charge < -0.3 is 4.42 Å². The molecule has 0 saturated carbocycles. The zero-order chi connectivity index (χ0) is 34.6. The first-order valence-corrected chi connectivity index (χ1v) is 18.6. The molecule has 5 heteroatoms. The van der Waals surface area contributed by atoms with Crippen molar-refractivity contribution < 1.29 is 4.42 Å². The quantitative estimate of drug-likeness (QED) is 0.185. The van der Waals surface area contributed by atoms with E-state index in [-0.39, 0.29) is 0 Å². The van der Waals surface area contributed by atoms with Gasteiger partial charge in [-0.3, -0.25) is 4.57 Å². The average molecular weight is 694 g/mol. The van der Waals surface area contributed by atoms with E-state index >= 15 is 0 Å². The summed E-state index contributed by atoms with van der Waals surface area (Å²) in [5.74, 6) is 0.624. The first-order valence-electron chi connectivity index (χ1n) is 17.8. The molecule has 53 heavy (non-hydrogen) atoms. The molecule has 8 aromatic carbocycles. The molecule has 12 aromatic rings. The van der Waals surface area contributed by atoms with E-state index in [1.54, 1.807) is 0 Å². The Bertz CT molecular complexity index is 3460. The van der Waals surface area contributed by atoms with Gasteiger partial charge in [0.1, 0.15) is 16.8 Å². The van der Waals surface area contributed by atoms with Crippen LogP contribution in [0.5, 0.6) is 0 Å². The van der Waals surface area contributed by atoms with Gasteiger partial charge in [0.15, 0.2) is 5.58 Å². The van der Waals surface area contributed by atoms with E-state index in [0.29, 0.717) is 11.5 Å². The molecule has 0 aliphatic heterocycles. The van der Waals surface area contributed by atoms with Gasteiger partial charge >= 0.3 is 0 Å². The molecule has 4 nitrogen and oxygen atoms in total. The summed E-state index contributed by atoms with van der Waals surface area (Å²) >= 11 is 1.84. The number of thiophene rings is 1. The summed E-state index contributed by atoms with van der Waals surface area (Å²) in [6.07, 6.45) is 0. The van der Waals surface area contributed by atoms with E-state index in [1.807, 2.05) is 29.5 Å². The Hall–Kier alpha value is -6.82. The number of rotatable bonds is 3.